The lowest BCUT2D eigenvalue weighted by Gasteiger charge is -2.02. The molecule has 0 atom stereocenters. The van der Waals surface area contributed by atoms with Crippen LogP contribution >= 0.6 is 22.6 Å². The van der Waals surface area contributed by atoms with Crippen molar-refractivity contribution in [3.63, 3.8) is 0 Å². The van der Waals surface area contributed by atoms with Crippen molar-refractivity contribution in [1.82, 2.24) is 0 Å². The van der Waals surface area contributed by atoms with E-state index in [1.165, 1.54) is 0 Å². The van der Waals surface area contributed by atoms with E-state index in [1.807, 2.05) is 24.3 Å². The van der Waals surface area contributed by atoms with Gasteiger partial charge < -0.3 is 4.74 Å². The summed E-state index contributed by atoms with van der Waals surface area (Å²) in [5.41, 5.74) is 1.000. The van der Waals surface area contributed by atoms with Crippen LogP contribution in [0.5, 0.6) is 5.75 Å². The molecule has 0 aliphatic heterocycles. The predicted molar refractivity (Wildman–Crippen MR) is 55.3 cm³/mol. The first-order valence-electron chi connectivity index (χ1n) is 3.51. The number of benzene rings is 1. The summed E-state index contributed by atoms with van der Waals surface area (Å²) >= 11 is 2.14. The zero-order chi connectivity index (χ0) is 8.81. The number of rotatable bonds is 3. The van der Waals surface area contributed by atoms with Gasteiger partial charge in [0.25, 0.3) is 0 Å². The van der Waals surface area contributed by atoms with E-state index in [1.54, 1.807) is 0 Å². The highest BCUT2D eigenvalue weighted by Gasteiger charge is 1.94. The van der Waals surface area contributed by atoms with Crippen molar-refractivity contribution in [1.29, 1.82) is 5.26 Å². The first kappa shape index (κ1) is 9.33. The van der Waals surface area contributed by atoms with E-state index in [4.69, 9.17) is 10.00 Å². The molecule has 0 saturated carbocycles. The maximum atomic E-state index is 8.45. The molecule has 0 amide bonds. The van der Waals surface area contributed by atoms with Crippen LogP contribution in [0.15, 0.2) is 24.3 Å². The summed E-state index contributed by atoms with van der Waals surface area (Å²) in [4.78, 5) is 0. The van der Waals surface area contributed by atoms with Gasteiger partial charge in [0, 0.05) is 0 Å². The Morgan fingerprint density at radius 2 is 2.33 bits per heavy atom. The molecule has 0 bridgehead atoms. The largest absolute Gasteiger partial charge is 0.483 e. The van der Waals surface area contributed by atoms with E-state index < -0.39 is 0 Å². The zero-order valence-corrected chi connectivity index (χ0v) is 8.61. The summed E-state index contributed by atoms with van der Waals surface area (Å²) < 4.78 is 5.90. The Labute approximate surface area is 85.3 Å². The Balaban J connectivity index is 2.75. The number of ether oxygens (including phenoxy) is 1. The van der Waals surface area contributed by atoms with Crippen molar-refractivity contribution in [3.8, 4) is 11.8 Å². The maximum Gasteiger partial charge on any atom is 0.139 e. The fourth-order valence-electron chi connectivity index (χ4n) is 0.900. The zero-order valence-electron chi connectivity index (χ0n) is 6.46. The highest BCUT2D eigenvalue weighted by atomic mass is 127. The van der Waals surface area contributed by atoms with Gasteiger partial charge in [-0.2, -0.15) is 5.26 Å². The molecule has 0 heterocycles. The molecule has 1 aromatic rings. The van der Waals surface area contributed by atoms with Crippen molar-refractivity contribution in [2.45, 2.75) is 6.42 Å². The normalized spacial score (nSPS) is 9.00. The van der Waals surface area contributed by atoms with Crippen molar-refractivity contribution < 1.29 is 4.74 Å². The molecule has 3 heteroatoms. The fourth-order valence-corrected chi connectivity index (χ4v) is 1.26. The van der Waals surface area contributed by atoms with Gasteiger partial charge in [0.1, 0.15) is 10.4 Å². The third-order valence-electron chi connectivity index (χ3n) is 1.40. The SMILES string of the molecule is N#CCc1cccc(OCI)c1. The molecule has 0 unspecified atom stereocenters. The lowest BCUT2D eigenvalue weighted by atomic mass is 10.2. The molecule has 0 radical (unpaired) electrons. The van der Waals surface area contributed by atoms with Crippen molar-refractivity contribution in [2.75, 3.05) is 4.61 Å². The summed E-state index contributed by atoms with van der Waals surface area (Å²) in [5, 5.41) is 8.45. The lowest BCUT2D eigenvalue weighted by molar-refractivity contribution is 0.404. The second-order valence-electron chi connectivity index (χ2n) is 2.24. The minimum atomic E-state index is 0.443. The molecule has 1 rings (SSSR count). The number of nitriles is 1. The highest BCUT2D eigenvalue weighted by Crippen LogP contribution is 2.13. The number of hydrogen-bond donors (Lipinski definition) is 0. The van der Waals surface area contributed by atoms with Crippen LogP contribution < -0.4 is 4.74 Å². The van der Waals surface area contributed by atoms with E-state index in [-0.39, 0.29) is 0 Å². The monoisotopic (exact) mass is 273 g/mol. The summed E-state index contributed by atoms with van der Waals surface area (Å²) in [6.45, 7) is 0. The molecule has 0 aliphatic rings. The average molecular weight is 273 g/mol. The van der Waals surface area contributed by atoms with Gasteiger partial charge in [-0.05, 0) is 40.3 Å². The minimum Gasteiger partial charge on any atom is -0.483 e. The van der Waals surface area contributed by atoms with Gasteiger partial charge in [-0.1, -0.05) is 12.1 Å². The summed E-state index contributed by atoms with van der Waals surface area (Å²) in [5.74, 6) is 0.831. The maximum absolute atomic E-state index is 8.45. The van der Waals surface area contributed by atoms with Crippen LogP contribution in [-0.2, 0) is 6.42 Å². The van der Waals surface area contributed by atoms with Gasteiger partial charge >= 0.3 is 0 Å². The average Bonchev–Trinajstić information content (AvgIpc) is 2.06. The fraction of sp³-hybridized carbons (Fsp3) is 0.222. The van der Waals surface area contributed by atoms with Gasteiger partial charge in [-0.3, -0.25) is 0 Å². The summed E-state index contributed by atoms with van der Waals surface area (Å²) in [6.07, 6.45) is 0.443. The van der Waals surface area contributed by atoms with Crippen LogP contribution in [0.2, 0.25) is 0 Å². The molecular formula is C9H8INO. The Kier molecular flexibility index (Phi) is 3.88. The van der Waals surface area contributed by atoms with Crippen LogP contribution in [0, 0.1) is 11.3 Å². The number of hydrogen-bond acceptors (Lipinski definition) is 2. The molecule has 0 aromatic heterocycles. The van der Waals surface area contributed by atoms with Crippen LogP contribution in [0.3, 0.4) is 0 Å². The molecule has 2 nitrogen and oxygen atoms in total. The van der Waals surface area contributed by atoms with E-state index in [2.05, 4.69) is 28.7 Å². The molecule has 62 valence electrons. The molecule has 0 saturated heterocycles. The number of halogens is 1. The lowest BCUT2D eigenvalue weighted by Crippen LogP contribution is -1.89. The first-order chi connectivity index (χ1) is 5.86. The van der Waals surface area contributed by atoms with Crippen LogP contribution in [0.25, 0.3) is 0 Å². The van der Waals surface area contributed by atoms with Crippen LogP contribution in [0.1, 0.15) is 5.56 Å². The van der Waals surface area contributed by atoms with E-state index >= 15 is 0 Å². The Morgan fingerprint density at radius 1 is 1.50 bits per heavy atom. The van der Waals surface area contributed by atoms with Crippen molar-refractivity contribution >= 4 is 22.6 Å². The third-order valence-corrected chi connectivity index (χ3v) is 1.71. The third kappa shape index (κ3) is 2.70. The summed E-state index contributed by atoms with van der Waals surface area (Å²) in [7, 11) is 0. The van der Waals surface area contributed by atoms with E-state index in [0.717, 1.165) is 11.3 Å². The van der Waals surface area contributed by atoms with Gasteiger partial charge in [0.05, 0.1) is 12.5 Å². The Morgan fingerprint density at radius 3 is 3.00 bits per heavy atom. The summed E-state index contributed by atoms with van der Waals surface area (Å²) in [6, 6.07) is 9.69. The standard InChI is InChI=1S/C9H8INO/c10-7-12-9-3-1-2-8(6-9)4-5-11/h1-3,6H,4,7H2. The van der Waals surface area contributed by atoms with Gasteiger partial charge in [-0.15, -0.1) is 0 Å². The van der Waals surface area contributed by atoms with Crippen LogP contribution in [0.4, 0.5) is 0 Å². The second kappa shape index (κ2) is 4.99. The molecule has 0 N–H and O–H groups in total. The quantitative estimate of drug-likeness (QED) is 0.626. The van der Waals surface area contributed by atoms with Gasteiger partial charge in [0.2, 0.25) is 0 Å². The first-order valence-corrected chi connectivity index (χ1v) is 5.04. The predicted octanol–water partition coefficient (Wildman–Crippen LogP) is 2.52. The highest BCUT2D eigenvalue weighted by molar-refractivity contribution is 14.1. The van der Waals surface area contributed by atoms with Gasteiger partial charge in [0.15, 0.2) is 0 Å². The molecule has 0 spiro atoms. The molecule has 1 aromatic carbocycles. The Bertz CT molecular complexity index is 293. The van der Waals surface area contributed by atoms with Crippen molar-refractivity contribution in [3.05, 3.63) is 29.8 Å². The van der Waals surface area contributed by atoms with Gasteiger partial charge in [-0.25, -0.2) is 0 Å². The van der Waals surface area contributed by atoms with E-state index in [0.29, 0.717) is 11.0 Å². The molecule has 0 aliphatic carbocycles. The molecular weight excluding hydrogens is 265 g/mol. The number of nitrogens with zero attached hydrogens (tertiary/aromatic N) is 1. The number of alkyl halides is 1. The smallest absolute Gasteiger partial charge is 0.139 e. The minimum absolute atomic E-state index is 0.443. The molecule has 0 fully saturated rings. The van der Waals surface area contributed by atoms with E-state index in [9.17, 15) is 0 Å². The Hall–Kier alpha value is -0.760. The topological polar surface area (TPSA) is 33.0 Å². The second-order valence-corrected chi connectivity index (χ2v) is 2.86. The van der Waals surface area contributed by atoms with Crippen molar-refractivity contribution in [2.24, 2.45) is 0 Å². The van der Waals surface area contributed by atoms with Crippen LogP contribution in [-0.4, -0.2) is 4.61 Å². The molecule has 12 heavy (non-hydrogen) atoms.